The Bertz CT molecular complexity index is 1480. The van der Waals surface area contributed by atoms with Gasteiger partial charge in [-0.15, -0.1) is 0 Å². The number of nitriles is 1. The highest BCUT2D eigenvalue weighted by Crippen LogP contribution is 2.43. The quantitative estimate of drug-likeness (QED) is 0.124. The van der Waals surface area contributed by atoms with Gasteiger partial charge < -0.3 is 19.5 Å². The van der Waals surface area contributed by atoms with E-state index in [1.807, 2.05) is 13.0 Å². The molecule has 3 aromatic carbocycles. The van der Waals surface area contributed by atoms with Crippen molar-refractivity contribution in [2.75, 3.05) is 18.5 Å². The van der Waals surface area contributed by atoms with Crippen molar-refractivity contribution < 1.29 is 28.9 Å². The van der Waals surface area contributed by atoms with E-state index in [-0.39, 0.29) is 34.5 Å². The molecule has 0 unspecified atom stereocenters. The van der Waals surface area contributed by atoms with Gasteiger partial charge in [0.1, 0.15) is 17.4 Å². The van der Waals surface area contributed by atoms with E-state index in [9.17, 15) is 30.3 Å². The Morgan fingerprint density at radius 3 is 2.28 bits per heavy atom. The maximum Gasteiger partial charge on any atom is 0.318 e. The van der Waals surface area contributed by atoms with Crippen LogP contribution in [0.25, 0.3) is 6.08 Å². The number of nitrogens with zero attached hydrogens (tertiary/aromatic N) is 3. The number of nitrogens with one attached hydrogen (secondary N) is 1. The number of anilines is 1. The van der Waals surface area contributed by atoms with Crippen molar-refractivity contribution in [2.24, 2.45) is 0 Å². The van der Waals surface area contributed by atoms with Crippen molar-refractivity contribution in [3.05, 3.63) is 91.0 Å². The van der Waals surface area contributed by atoms with Crippen LogP contribution in [0, 0.1) is 31.6 Å². The topological polar surface area (TPSA) is 167 Å². The smallest absolute Gasteiger partial charge is 0.318 e. The fourth-order valence-electron chi connectivity index (χ4n) is 3.31. The molecule has 200 valence electrons. The Morgan fingerprint density at radius 1 is 1.00 bits per heavy atom. The van der Waals surface area contributed by atoms with Crippen LogP contribution in [0.2, 0.25) is 5.02 Å². The van der Waals surface area contributed by atoms with Crippen LogP contribution in [-0.4, -0.2) is 29.0 Å². The highest BCUT2D eigenvalue weighted by Gasteiger charge is 2.24. The number of nitro benzene ring substituents is 2. The van der Waals surface area contributed by atoms with Gasteiger partial charge in [-0.25, -0.2) is 0 Å². The molecule has 1 N–H and O–H groups in total. The van der Waals surface area contributed by atoms with E-state index in [1.165, 1.54) is 18.2 Å². The Labute approximate surface area is 227 Å². The van der Waals surface area contributed by atoms with Gasteiger partial charge in [-0.2, -0.15) is 5.26 Å². The van der Waals surface area contributed by atoms with Gasteiger partial charge in [0.15, 0.2) is 11.5 Å². The summed E-state index contributed by atoms with van der Waals surface area (Å²) < 4.78 is 16.6. The van der Waals surface area contributed by atoms with Crippen molar-refractivity contribution >= 4 is 40.6 Å². The second kappa shape index (κ2) is 12.9. The minimum Gasteiger partial charge on any atom is -0.494 e. The normalized spacial score (nSPS) is 10.8. The van der Waals surface area contributed by atoms with E-state index >= 15 is 0 Å². The zero-order valence-corrected chi connectivity index (χ0v) is 21.4. The largest absolute Gasteiger partial charge is 0.494 e. The van der Waals surface area contributed by atoms with Crippen LogP contribution >= 0.6 is 11.6 Å². The predicted molar refractivity (Wildman–Crippen MR) is 142 cm³/mol. The molecule has 3 aromatic rings. The van der Waals surface area contributed by atoms with Crippen molar-refractivity contribution in [1.82, 2.24) is 0 Å². The van der Waals surface area contributed by atoms with Crippen molar-refractivity contribution in [2.45, 2.75) is 13.8 Å². The van der Waals surface area contributed by atoms with Crippen molar-refractivity contribution in [3.63, 3.8) is 0 Å². The predicted octanol–water partition coefficient (Wildman–Crippen LogP) is 6.29. The number of halogens is 1. The first-order valence-electron chi connectivity index (χ1n) is 11.4. The molecule has 0 aliphatic rings. The lowest BCUT2D eigenvalue weighted by atomic mass is 10.1. The molecule has 0 aliphatic carbocycles. The molecule has 0 aromatic heterocycles. The average molecular weight is 553 g/mol. The summed E-state index contributed by atoms with van der Waals surface area (Å²) in [6.07, 6.45) is 1.29. The second-order valence-electron chi connectivity index (χ2n) is 7.61. The van der Waals surface area contributed by atoms with E-state index in [0.717, 1.165) is 18.2 Å². The maximum atomic E-state index is 12.7. The van der Waals surface area contributed by atoms with E-state index in [2.05, 4.69) is 5.32 Å². The lowest BCUT2D eigenvalue weighted by Gasteiger charge is -2.14. The number of hydrogen-bond acceptors (Lipinski definition) is 9. The molecule has 0 heterocycles. The molecule has 3 rings (SSSR count). The number of carbonyl (C=O) groups is 1. The first-order chi connectivity index (χ1) is 18.7. The number of non-ortho nitro benzene ring substituents is 1. The van der Waals surface area contributed by atoms with Gasteiger partial charge in [0.2, 0.25) is 5.75 Å². The van der Waals surface area contributed by atoms with Gasteiger partial charge in [0.25, 0.3) is 11.6 Å². The highest BCUT2D eigenvalue weighted by molar-refractivity contribution is 6.32. The lowest BCUT2D eigenvalue weighted by Crippen LogP contribution is -2.13. The Balaban J connectivity index is 1.93. The summed E-state index contributed by atoms with van der Waals surface area (Å²) in [6, 6.07) is 14.2. The van der Waals surface area contributed by atoms with Crippen LogP contribution < -0.4 is 19.5 Å². The Kier molecular flexibility index (Phi) is 9.39. The number of rotatable bonds is 11. The van der Waals surface area contributed by atoms with Crippen LogP contribution in [0.15, 0.2) is 60.2 Å². The molecule has 0 bridgehead atoms. The molecule has 39 heavy (non-hydrogen) atoms. The molecule has 12 nitrogen and oxygen atoms in total. The molecule has 0 aliphatic heterocycles. The Morgan fingerprint density at radius 2 is 1.69 bits per heavy atom. The summed E-state index contributed by atoms with van der Waals surface area (Å²) >= 11 is 6.40. The number of nitro groups is 2. The van der Waals surface area contributed by atoms with Crippen LogP contribution in [0.3, 0.4) is 0 Å². The van der Waals surface area contributed by atoms with Gasteiger partial charge in [0, 0.05) is 11.8 Å². The third kappa shape index (κ3) is 7.21. The molecule has 1 amide bonds. The van der Waals surface area contributed by atoms with Crippen LogP contribution in [0.1, 0.15) is 19.4 Å². The number of carbonyl (C=O) groups excluding carboxylic acids is 1. The molecule has 0 saturated heterocycles. The minimum absolute atomic E-state index is 0.0518. The zero-order chi connectivity index (χ0) is 28.5. The first kappa shape index (κ1) is 28.4. The van der Waals surface area contributed by atoms with Gasteiger partial charge in [-0.1, -0.05) is 11.6 Å². The fraction of sp³-hybridized carbons (Fsp3) is 0.154. The summed E-state index contributed by atoms with van der Waals surface area (Å²) in [4.78, 5) is 33.6. The second-order valence-corrected chi connectivity index (χ2v) is 8.02. The van der Waals surface area contributed by atoms with E-state index < -0.39 is 27.1 Å². The average Bonchev–Trinajstić information content (AvgIpc) is 2.90. The molecule has 0 saturated carbocycles. The van der Waals surface area contributed by atoms with E-state index in [0.29, 0.717) is 23.6 Å². The molecular weight excluding hydrogens is 532 g/mol. The van der Waals surface area contributed by atoms with Crippen LogP contribution in [-0.2, 0) is 4.79 Å². The van der Waals surface area contributed by atoms with Gasteiger partial charge in [-0.3, -0.25) is 25.0 Å². The molecule has 0 spiro atoms. The van der Waals surface area contributed by atoms with Crippen molar-refractivity contribution in [3.8, 4) is 29.1 Å². The van der Waals surface area contributed by atoms with Gasteiger partial charge >= 0.3 is 5.69 Å². The van der Waals surface area contributed by atoms with Crippen molar-refractivity contribution in [1.29, 1.82) is 5.26 Å². The lowest BCUT2D eigenvalue weighted by molar-refractivity contribution is -0.394. The maximum absolute atomic E-state index is 12.7. The highest BCUT2D eigenvalue weighted by atomic mass is 35.5. The fourth-order valence-corrected chi connectivity index (χ4v) is 3.56. The van der Waals surface area contributed by atoms with E-state index in [4.69, 9.17) is 25.8 Å². The monoisotopic (exact) mass is 552 g/mol. The standard InChI is InChI=1S/C26H21ClN4O8/c1-3-37-20-8-5-18(6-9-20)29-26(32)17(15-28)11-16-12-21(27)25(24(13-16)38-4-2)39-23-10-7-19(30(33)34)14-22(23)31(35)36/h5-14H,3-4H2,1-2H3,(H,29,32)/b17-11+. The first-order valence-corrected chi connectivity index (χ1v) is 11.8. The van der Waals surface area contributed by atoms with Gasteiger partial charge in [0.05, 0.1) is 34.1 Å². The number of ether oxygens (including phenoxy) is 3. The Hall–Kier alpha value is -5.15. The summed E-state index contributed by atoms with van der Waals surface area (Å²) in [5.74, 6) is -0.370. The number of amides is 1. The summed E-state index contributed by atoms with van der Waals surface area (Å²) in [5.41, 5.74) is -0.608. The number of hydrogen-bond donors (Lipinski definition) is 1. The summed E-state index contributed by atoms with van der Waals surface area (Å²) in [6.45, 7) is 4.18. The molecule has 0 radical (unpaired) electrons. The molecule has 13 heteroatoms. The van der Waals surface area contributed by atoms with Gasteiger partial charge in [-0.05, 0) is 68.0 Å². The molecular formula is C26H21ClN4O8. The molecule has 0 atom stereocenters. The van der Waals surface area contributed by atoms with Crippen LogP contribution in [0.5, 0.6) is 23.0 Å². The van der Waals surface area contributed by atoms with E-state index in [1.54, 1.807) is 31.2 Å². The summed E-state index contributed by atoms with van der Waals surface area (Å²) in [5, 5.41) is 34.7. The zero-order valence-electron chi connectivity index (χ0n) is 20.7. The summed E-state index contributed by atoms with van der Waals surface area (Å²) in [7, 11) is 0. The third-order valence-electron chi connectivity index (χ3n) is 4.99. The SMILES string of the molecule is CCOc1ccc(NC(=O)/C(C#N)=C/c2cc(Cl)c(Oc3ccc([N+](=O)[O-])cc3[N+](=O)[O-])c(OCC)c2)cc1. The minimum atomic E-state index is -0.824. The number of benzene rings is 3. The van der Waals surface area contributed by atoms with Crippen LogP contribution in [0.4, 0.5) is 17.1 Å². The molecule has 0 fully saturated rings. The third-order valence-corrected chi connectivity index (χ3v) is 5.27.